The van der Waals surface area contributed by atoms with E-state index in [1.165, 1.54) is 6.20 Å². The summed E-state index contributed by atoms with van der Waals surface area (Å²) < 4.78 is 22.3. The number of rotatable bonds is 3. The summed E-state index contributed by atoms with van der Waals surface area (Å²) in [5, 5.41) is 9.35. The highest BCUT2D eigenvalue weighted by molar-refractivity contribution is 5.95. The number of aromatic nitrogens is 1. The first-order valence-electron chi connectivity index (χ1n) is 8.46. The molecule has 0 saturated carbocycles. The maximum absolute atomic E-state index is 14.8. The van der Waals surface area contributed by atoms with Crippen molar-refractivity contribution in [1.82, 2.24) is 9.47 Å². The standard InChI is InChI=1S/C18H19FN2O4/c1-10-9-25-17-12(7-20-4-2-3-5-20)14(19)6-11-15(17)21(10)8-13(16(11)22)18(23)24/h6,8,10H,2-5,7,9H2,1H3,(H,23,24). The van der Waals surface area contributed by atoms with E-state index in [1.807, 2.05) is 6.92 Å². The van der Waals surface area contributed by atoms with Crippen molar-refractivity contribution in [2.75, 3.05) is 19.7 Å². The number of hydrogen-bond donors (Lipinski definition) is 1. The maximum Gasteiger partial charge on any atom is 0.341 e. The fraction of sp³-hybridized carbons (Fsp3) is 0.444. The summed E-state index contributed by atoms with van der Waals surface area (Å²) in [6.45, 7) is 4.44. The normalized spacial score (nSPS) is 20.0. The molecule has 0 bridgehead atoms. The summed E-state index contributed by atoms with van der Waals surface area (Å²) in [5.74, 6) is -1.46. The molecule has 0 amide bonds. The molecule has 6 nitrogen and oxygen atoms in total. The van der Waals surface area contributed by atoms with Crippen LogP contribution in [0.15, 0.2) is 17.1 Å². The van der Waals surface area contributed by atoms with Gasteiger partial charge in [-0.3, -0.25) is 9.69 Å². The molecule has 0 spiro atoms. The number of carboxylic acids is 1. The van der Waals surface area contributed by atoms with Crippen molar-refractivity contribution in [3.8, 4) is 5.75 Å². The minimum Gasteiger partial charge on any atom is -0.489 e. The number of nitrogens with zero attached hydrogens (tertiary/aromatic N) is 2. The smallest absolute Gasteiger partial charge is 0.341 e. The van der Waals surface area contributed by atoms with Crippen LogP contribution in [0.2, 0.25) is 0 Å². The fourth-order valence-electron chi connectivity index (χ4n) is 3.74. The average Bonchev–Trinajstić information content (AvgIpc) is 3.08. The van der Waals surface area contributed by atoms with Gasteiger partial charge in [-0.25, -0.2) is 9.18 Å². The van der Waals surface area contributed by atoms with Crippen molar-refractivity contribution in [2.45, 2.75) is 32.4 Å². The summed E-state index contributed by atoms with van der Waals surface area (Å²) in [6, 6.07) is 1.02. The lowest BCUT2D eigenvalue weighted by molar-refractivity contribution is 0.0694. The Morgan fingerprint density at radius 2 is 2.12 bits per heavy atom. The Hall–Kier alpha value is -2.41. The largest absolute Gasteiger partial charge is 0.489 e. The van der Waals surface area contributed by atoms with E-state index in [4.69, 9.17) is 4.74 Å². The van der Waals surface area contributed by atoms with Crippen LogP contribution < -0.4 is 10.2 Å². The second-order valence-corrected chi connectivity index (χ2v) is 6.79. The van der Waals surface area contributed by atoms with E-state index in [9.17, 15) is 19.1 Å². The zero-order valence-electron chi connectivity index (χ0n) is 13.9. The Bertz CT molecular complexity index is 931. The summed E-state index contributed by atoms with van der Waals surface area (Å²) in [6.07, 6.45) is 3.53. The minimum absolute atomic E-state index is 0.0594. The molecule has 2 aliphatic heterocycles. The third-order valence-electron chi connectivity index (χ3n) is 5.07. The molecule has 2 aliphatic rings. The highest BCUT2D eigenvalue weighted by Gasteiger charge is 2.28. The van der Waals surface area contributed by atoms with E-state index in [0.29, 0.717) is 30.0 Å². The number of pyridine rings is 1. The molecule has 1 N–H and O–H groups in total. The highest BCUT2D eigenvalue weighted by atomic mass is 19.1. The number of aromatic carboxylic acids is 1. The highest BCUT2D eigenvalue weighted by Crippen LogP contribution is 2.37. The number of carboxylic acid groups (broad SMARTS) is 1. The second kappa shape index (κ2) is 5.84. The zero-order chi connectivity index (χ0) is 17.7. The monoisotopic (exact) mass is 346 g/mol. The summed E-state index contributed by atoms with van der Waals surface area (Å²) >= 11 is 0. The third kappa shape index (κ3) is 2.50. The molecule has 1 saturated heterocycles. The van der Waals surface area contributed by atoms with Crippen molar-refractivity contribution in [3.05, 3.63) is 39.4 Å². The maximum atomic E-state index is 14.8. The third-order valence-corrected chi connectivity index (χ3v) is 5.07. The Morgan fingerprint density at radius 1 is 1.40 bits per heavy atom. The topological polar surface area (TPSA) is 71.8 Å². The lowest BCUT2D eigenvalue weighted by Crippen LogP contribution is -2.28. The molecular weight excluding hydrogens is 327 g/mol. The molecule has 1 aromatic carbocycles. The molecule has 1 atom stereocenters. The van der Waals surface area contributed by atoms with Gasteiger partial charge in [-0.1, -0.05) is 0 Å². The van der Waals surface area contributed by atoms with Crippen LogP contribution >= 0.6 is 0 Å². The first-order chi connectivity index (χ1) is 12.0. The first-order valence-corrected chi connectivity index (χ1v) is 8.46. The Morgan fingerprint density at radius 3 is 2.80 bits per heavy atom. The Balaban J connectivity index is 1.99. The van der Waals surface area contributed by atoms with Gasteiger partial charge < -0.3 is 14.4 Å². The summed E-state index contributed by atoms with van der Waals surface area (Å²) in [7, 11) is 0. The lowest BCUT2D eigenvalue weighted by atomic mass is 10.0. The second-order valence-electron chi connectivity index (χ2n) is 6.79. The van der Waals surface area contributed by atoms with Gasteiger partial charge in [0.05, 0.1) is 16.9 Å². The minimum atomic E-state index is -1.31. The van der Waals surface area contributed by atoms with Gasteiger partial charge in [0.2, 0.25) is 5.43 Å². The van der Waals surface area contributed by atoms with Crippen LogP contribution in [-0.2, 0) is 6.54 Å². The molecule has 7 heteroatoms. The number of carbonyl (C=O) groups is 1. The predicted octanol–water partition coefficient (Wildman–Crippen LogP) is 2.39. The van der Waals surface area contributed by atoms with Crippen LogP contribution in [0.1, 0.15) is 41.7 Å². The molecule has 0 radical (unpaired) electrons. The molecule has 1 aromatic heterocycles. The number of halogens is 1. The summed E-state index contributed by atoms with van der Waals surface area (Å²) in [4.78, 5) is 26.0. The van der Waals surface area contributed by atoms with E-state index in [2.05, 4.69) is 4.90 Å². The SMILES string of the molecule is CC1COc2c(CN3CCCC3)c(F)cc3c(=O)c(C(=O)O)cn1c23. The van der Waals surface area contributed by atoms with Crippen LogP contribution in [-0.4, -0.2) is 40.2 Å². The van der Waals surface area contributed by atoms with Crippen LogP contribution in [0.3, 0.4) is 0 Å². The molecule has 0 aliphatic carbocycles. The van der Waals surface area contributed by atoms with Gasteiger partial charge in [0.1, 0.15) is 18.0 Å². The van der Waals surface area contributed by atoms with Crippen molar-refractivity contribution in [2.24, 2.45) is 0 Å². The summed E-state index contributed by atoms with van der Waals surface area (Å²) in [5.41, 5.74) is -0.0925. The molecular formula is C18H19FN2O4. The number of likely N-dealkylation sites (tertiary alicyclic amines) is 1. The van der Waals surface area contributed by atoms with Crippen molar-refractivity contribution in [3.63, 3.8) is 0 Å². The molecule has 3 heterocycles. The van der Waals surface area contributed by atoms with E-state index in [1.54, 1.807) is 4.57 Å². The molecule has 2 aromatic rings. The van der Waals surface area contributed by atoms with Crippen LogP contribution in [0.25, 0.3) is 10.9 Å². The van der Waals surface area contributed by atoms with Crippen LogP contribution in [0.5, 0.6) is 5.75 Å². The van der Waals surface area contributed by atoms with E-state index in [-0.39, 0.29) is 17.0 Å². The van der Waals surface area contributed by atoms with Gasteiger partial charge in [-0.2, -0.15) is 0 Å². The number of hydrogen-bond acceptors (Lipinski definition) is 4. The fourth-order valence-corrected chi connectivity index (χ4v) is 3.74. The Labute approximate surface area is 143 Å². The molecule has 25 heavy (non-hydrogen) atoms. The average molecular weight is 346 g/mol. The van der Waals surface area contributed by atoms with E-state index < -0.39 is 17.2 Å². The lowest BCUT2D eigenvalue weighted by Gasteiger charge is -2.29. The van der Waals surface area contributed by atoms with Gasteiger partial charge in [0.15, 0.2) is 5.75 Å². The van der Waals surface area contributed by atoms with Crippen molar-refractivity contribution < 1.29 is 19.0 Å². The van der Waals surface area contributed by atoms with Gasteiger partial charge in [-0.05, 0) is 38.9 Å². The zero-order valence-corrected chi connectivity index (χ0v) is 13.9. The van der Waals surface area contributed by atoms with Crippen LogP contribution in [0.4, 0.5) is 4.39 Å². The molecule has 1 unspecified atom stereocenters. The Kier molecular flexibility index (Phi) is 3.76. The quantitative estimate of drug-likeness (QED) is 0.924. The van der Waals surface area contributed by atoms with E-state index in [0.717, 1.165) is 32.0 Å². The van der Waals surface area contributed by atoms with Gasteiger partial charge in [0.25, 0.3) is 0 Å². The predicted molar refractivity (Wildman–Crippen MR) is 89.8 cm³/mol. The number of benzene rings is 1. The number of ether oxygens (including phenoxy) is 1. The van der Waals surface area contributed by atoms with Gasteiger partial charge >= 0.3 is 5.97 Å². The molecule has 132 valence electrons. The first kappa shape index (κ1) is 16.1. The molecule has 1 fully saturated rings. The van der Waals surface area contributed by atoms with Crippen molar-refractivity contribution >= 4 is 16.9 Å². The van der Waals surface area contributed by atoms with Gasteiger partial charge in [0, 0.05) is 18.3 Å². The van der Waals surface area contributed by atoms with Gasteiger partial charge in [-0.15, -0.1) is 0 Å². The van der Waals surface area contributed by atoms with Crippen molar-refractivity contribution in [1.29, 1.82) is 0 Å². The van der Waals surface area contributed by atoms with Crippen LogP contribution in [0, 0.1) is 5.82 Å². The van der Waals surface area contributed by atoms with E-state index >= 15 is 0 Å². The molecule has 4 rings (SSSR count).